The molecule has 0 spiro atoms. The lowest BCUT2D eigenvalue weighted by Crippen LogP contribution is -2.61. The van der Waals surface area contributed by atoms with E-state index in [1.54, 1.807) is 0 Å². The van der Waals surface area contributed by atoms with Gasteiger partial charge in [-0.1, -0.05) is 66.7 Å². The van der Waals surface area contributed by atoms with Gasteiger partial charge >= 0.3 is 0 Å². The second-order valence-electron chi connectivity index (χ2n) is 8.51. The maximum absolute atomic E-state index is 13.3. The Bertz CT molecular complexity index is 1020. The second kappa shape index (κ2) is 8.84. The molecule has 1 N–H and O–H groups in total. The molecule has 4 heteroatoms. The van der Waals surface area contributed by atoms with Crippen molar-refractivity contribution >= 4 is 17.3 Å². The predicted molar refractivity (Wildman–Crippen MR) is 127 cm³/mol. The van der Waals surface area contributed by atoms with E-state index < -0.39 is 0 Å². The number of hydrogen-bond acceptors (Lipinski definition) is 3. The van der Waals surface area contributed by atoms with Gasteiger partial charge in [-0.05, 0) is 42.2 Å². The van der Waals surface area contributed by atoms with E-state index in [9.17, 15) is 4.79 Å². The predicted octanol–water partition coefficient (Wildman–Crippen LogP) is 3.91. The quantitative estimate of drug-likeness (QED) is 0.691. The minimum Gasteiger partial charge on any atom is -0.368 e. The third-order valence-electron chi connectivity index (χ3n) is 6.64. The van der Waals surface area contributed by atoms with Crippen LogP contribution in [-0.4, -0.2) is 38.1 Å². The molecule has 1 saturated heterocycles. The van der Waals surface area contributed by atoms with Crippen molar-refractivity contribution in [3.8, 4) is 0 Å². The van der Waals surface area contributed by atoms with Crippen molar-refractivity contribution in [2.45, 2.75) is 18.9 Å². The van der Waals surface area contributed by atoms with Crippen LogP contribution < -0.4 is 15.1 Å². The molecule has 3 aromatic carbocycles. The molecule has 0 bridgehead atoms. The number of carbonyl (C=O) groups is 1. The van der Waals surface area contributed by atoms with E-state index in [0.29, 0.717) is 6.54 Å². The maximum Gasteiger partial charge on any atom is 0.225 e. The highest BCUT2D eigenvalue weighted by atomic mass is 16.1. The number of nitrogens with one attached hydrogen (secondary N) is 1. The van der Waals surface area contributed by atoms with Crippen LogP contribution in [0.1, 0.15) is 11.1 Å². The normalized spacial score (nSPS) is 20.0. The number of nitrogens with zero attached hydrogens (tertiary/aromatic N) is 2. The van der Waals surface area contributed by atoms with Gasteiger partial charge in [-0.15, -0.1) is 0 Å². The Hall–Kier alpha value is -3.27. The molecule has 31 heavy (non-hydrogen) atoms. The monoisotopic (exact) mass is 411 g/mol. The molecule has 1 amide bonds. The smallest absolute Gasteiger partial charge is 0.225 e. The molecule has 0 unspecified atom stereocenters. The number of para-hydroxylation sites is 2. The molecule has 1 fully saturated rings. The molecule has 0 aromatic heterocycles. The first-order valence-electron chi connectivity index (χ1n) is 11.3. The number of carbonyl (C=O) groups excluding carboxylic acids is 1. The highest BCUT2D eigenvalue weighted by Gasteiger charge is 2.41. The average Bonchev–Trinajstić information content (AvgIpc) is 2.84. The van der Waals surface area contributed by atoms with E-state index in [1.165, 1.54) is 22.5 Å². The van der Waals surface area contributed by atoms with Gasteiger partial charge in [0.15, 0.2) is 0 Å². The Labute approximate surface area is 184 Å². The largest absolute Gasteiger partial charge is 0.368 e. The van der Waals surface area contributed by atoms with Crippen LogP contribution in [0.15, 0.2) is 84.9 Å². The highest BCUT2D eigenvalue weighted by molar-refractivity contribution is 5.82. The summed E-state index contributed by atoms with van der Waals surface area (Å²) in [6.07, 6.45) is 1.66. The zero-order valence-corrected chi connectivity index (χ0v) is 17.8. The molecule has 3 aromatic rings. The van der Waals surface area contributed by atoms with Crippen LogP contribution in [-0.2, 0) is 17.6 Å². The molecule has 5 rings (SSSR count). The lowest BCUT2D eigenvalue weighted by molar-refractivity contribution is -0.125. The summed E-state index contributed by atoms with van der Waals surface area (Å²) in [4.78, 5) is 18.2. The molecule has 0 radical (unpaired) electrons. The topological polar surface area (TPSA) is 35.6 Å². The summed E-state index contributed by atoms with van der Waals surface area (Å²) < 4.78 is 0. The minimum atomic E-state index is -0.0443. The zero-order chi connectivity index (χ0) is 21.0. The van der Waals surface area contributed by atoms with Crippen LogP contribution in [0.2, 0.25) is 0 Å². The summed E-state index contributed by atoms with van der Waals surface area (Å²) in [5.41, 5.74) is 5.08. The second-order valence-corrected chi connectivity index (χ2v) is 8.51. The number of rotatable bonds is 5. The Morgan fingerprint density at radius 3 is 2.39 bits per heavy atom. The fraction of sp³-hybridized carbons (Fsp3) is 0.296. The van der Waals surface area contributed by atoms with E-state index >= 15 is 0 Å². The van der Waals surface area contributed by atoms with Gasteiger partial charge in [-0.3, -0.25) is 4.79 Å². The van der Waals surface area contributed by atoms with E-state index in [1.807, 2.05) is 18.2 Å². The molecule has 158 valence electrons. The fourth-order valence-electron chi connectivity index (χ4n) is 5.04. The van der Waals surface area contributed by atoms with Crippen LogP contribution in [0.25, 0.3) is 0 Å². The number of piperazine rings is 1. The number of amides is 1. The third-order valence-corrected chi connectivity index (χ3v) is 6.64. The third kappa shape index (κ3) is 4.15. The lowest BCUT2D eigenvalue weighted by atomic mass is 9.83. The van der Waals surface area contributed by atoms with E-state index in [2.05, 4.69) is 81.8 Å². The molecular weight excluding hydrogens is 382 g/mol. The molecule has 2 aliphatic heterocycles. The van der Waals surface area contributed by atoms with Crippen molar-refractivity contribution in [3.63, 3.8) is 0 Å². The number of anilines is 2. The van der Waals surface area contributed by atoms with Crippen molar-refractivity contribution in [1.82, 2.24) is 5.32 Å². The SMILES string of the molecule is O=C(NCCc1ccccc1)[C@H]1Cc2ccccc2N2CCN(c3ccccc3)C[C@@H]12. The molecular formula is C27H29N3O. The van der Waals surface area contributed by atoms with Gasteiger partial charge in [0.25, 0.3) is 0 Å². The summed E-state index contributed by atoms with van der Waals surface area (Å²) in [5, 5.41) is 3.24. The van der Waals surface area contributed by atoms with Gasteiger partial charge in [0.1, 0.15) is 0 Å². The van der Waals surface area contributed by atoms with Crippen LogP contribution in [0.3, 0.4) is 0 Å². The van der Waals surface area contributed by atoms with Gasteiger partial charge in [0, 0.05) is 37.6 Å². The lowest BCUT2D eigenvalue weighted by Gasteiger charge is -2.49. The highest BCUT2D eigenvalue weighted by Crippen LogP contribution is 2.36. The van der Waals surface area contributed by atoms with Crippen molar-refractivity contribution in [1.29, 1.82) is 0 Å². The van der Waals surface area contributed by atoms with Gasteiger partial charge in [-0.25, -0.2) is 0 Å². The first-order chi connectivity index (χ1) is 15.3. The minimum absolute atomic E-state index is 0.0443. The first kappa shape index (κ1) is 19.7. The van der Waals surface area contributed by atoms with Crippen molar-refractivity contribution in [2.24, 2.45) is 5.92 Å². The van der Waals surface area contributed by atoms with Crippen molar-refractivity contribution in [2.75, 3.05) is 36.0 Å². The van der Waals surface area contributed by atoms with Gasteiger partial charge in [0.05, 0.1) is 12.0 Å². The molecule has 0 saturated carbocycles. The molecule has 2 atom stereocenters. The molecule has 2 aliphatic rings. The Kier molecular flexibility index (Phi) is 5.61. The van der Waals surface area contributed by atoms with E-state index in [-0.39, 0.29) is 17.9 Å². The van der Waals surface area contributed by atoms with Crippen LogP contribution in [0.5, 0.6) is 0 Å². The van der Waals surface area contributed by atoms with Gasteiger partial charge in [-0.2, -0.15) is 0 Å². The summed E-state index contributed by atoms with van der Waals surface area (Å²) in [6, 6.07) is 29.7. The number of benzene rings is 3. The number of hydrogen-bond donors (Lipinski definition) is 1. The number of fused-ring (bicyclic) bond motifs is 3. The molecule has 0 aliphatic carbocycles. The van der Waals surface area contributed by atoms with Gasteiger partial charge < -0.3 is 15.1 Å². The van der Waals surface area contributed by atoms with Crippen molar-refractivity contribution in [3.05, 3.63) is 96.1 Å². The van der Waals surface area contributed by atoms with Gasteiger partial charge in [0.2, 0.25) is 5.91 Å². The van der Waals surface area contributed by atoms with E-state index in [0.717, 1.165) is 32.5 Å². The van der Waals surface area contributed by atoms with Crippen molar-refractivity contribution < 1.29 is 4.79 Å². The summed E-state index contributed by atoms with van der Waals surface area (Å²) in [5.74, 6) is 0.132. The summed E-state index contributed by atoms with van der Waals surface area (Å²) >= 11 is 0. The van der Waals surface area contributed by atoms with Crippen LogP contribution in [0, 0.1) is 5.92 Å². The summed E-state index contributed by atoms with van der Waals surface area (Å²) in [6.45, 7) is 3.45. The first-order valence-corrected chi connectivity index (χ1v) is 11.3. The summed E-state index contributed by atoms with van der Waals surface area (Å²) in [7, 11) is 0. The maximum atomic E-state index is 13.3. The van der Waals surface area contributed by atoms with Crippen LogP contribution >= 0.6 is 0 Å². The average molecular weight is 412 g/mol. The molecule has 4 nitrogen and oxygen atoms in total. The Morgan fingerprint density at radius 1 is 0.871 bits per heavy atom. The Morgan fingerprint density at radius 2 is 1.58 bits per heavy atom. The zero-order valence-electron chi connectivity index (χ0n) is 17.8. The standard InChI is InChI=1S/C27H29N3O/c31-27(28-16-15-21-9-3-1-4-10-21)24-19-22-11-7-8-14-25(22)30-18-17-29(20-26(24)30)23-12-5-2-6-13-23/h1-14,24,26H,15-20H2,(H,28,31)/t24-,26-/m0/s1. The fourth-order valence-corrected chi connectivity index (χ4v) is 5.04. The Balaban J connectivity index is 1.34. The molecule has 2 heterocycles. The van der Waals surface area contributed by atoms with Crippen LogP contribution in [0.4, 0.5) is 11.4 Å². The van der Waals surface area contributed by atoms with E-state index in [4.69, 9.17) is 0 Å².